The van der Waals surface area contributed by atoms with Gasteiger partial charge < -0.3 is 4.74 Å². The molecule has 1 N–H and O–H groups in total. The SMILES string of the molecule is Cc1ccc(C(=O)Oc2ccc(/C=N/NC(=O)c3cncc(Br)c3)cc2)cc1. The van der Waals surface area contributed by atoms with E-state index in [1.807, 2.05) is 19.1 Å². The van der Waals surface area contributed by atoms with Gasteiger partial charge in [0.05, 0.1) is 17.3 Å². The lowest BCUT2D eigenvalue weighted by molar-refractivity contribution is 0.0734. The Hall–Kier alpha value is -3.32. The van der Waals surface area contributed by atoms with Crippen LogP contribution in [0.2, 0.25) is 0 Å². The number of carbonyl (C=O) groups excluding carboxylic acids is 2. The largest absolute Gasteiger partial charge is 0.423 e. The first-order valence-electron chi connectivity index (χ1n) is 8.34. The lowest BCUT2D eigenvalue weighted by Crippen LogP contribution is -2.17. The summed E-state index contributed by atoms with van der Waals surface area (Å²) in [6, 6.07) is 15.6. The number of hydrazone groups is 1. The zero-order chi connectivity index (χ0) is 19.9. The fourth-order valence-corrected chi connectivity index (χ4v) is 2.61. The number of hydrogen-bond donors (Lipinski definition) is 1. The minimum Gasteiger partial charge on any atom is -0.423 e. The van der Waals surface area contributed by atoms with Crippen LogP contribution in [-0.2, 0) is 0 Å². The summed E-state index contributed by atoms with van der Waals surface area (Å²) >= 11 is 3.26. The van der Waals surface area contributed by atoms with Gasteiger partial charge in [0.1, 0.15) is 5.75 Å². The fourth-order valence-electron chi connectivity index (χ4n) is 2.24. The van der Waals surface area contributed by atoms with Gasteiger partial charge in [-0.1, -0.05) is 17.7 Å². The van der Waals surface area contributed by atoms with Gasteiger partial charge >= 0.3 is 5.97 Å². The molecule has 0 bridgehead atoms. The molecule has 0 aliphatic heterocycles. The molecule has 2 aromatic carbocycles. The molecule has 0 saturated heterocycles. The van der Waals surface area contributed by atoms with Crippen molar-refractivity contribution in [1.29, 1.82) is 0 Å². The van der Waals surface area contributed by atoms with E-state index in [1.54, 1.807) is 48.7 Å². The topological polar surface area (TPSA) is 80.6 Å². The molecular weight excluding hydrogens is 422 g/mol. The highest BCUT2D eigenvalue weighted by Gasteiger charge is 2.08. The smallest absolute Gasteiger partial charge is 0.343 e. The Labute approximate surface area is 170 Å². The van der Waals surface area contributed by atoms with Gasteiger partial charge in [-0.2, -0.15) is 5.10 Å². The molecule has 140 valence electrons. The number of esters is 1. The summed E-state index contributed by atoms with van der Waals surface area (Å²) in [4.78, 5) is 28.0. The molecule has 0 unspecified atom stereocenters. The van der Waals surface area contributed by atoms with Crippen molar-refractivity contribution in [2.24, 2.45) is 5.10 Å². The van der Waals surface area contributed by atoms with Crippen molar-refractivity contribution in [2.75, 3.05) is 0 Å². The van der Waals surface area contributed by atoms with E-state index in [0.717, 1.165) is 11.1 Å². The molecule has 3 rings (SSSR count). The molecule has 0 aliphatic rings. The van der Waals surface area contributed by atoms with Gasteiger partial charge in [0.15, 0.2) is 0 Å². The molecule has 0 radical (unpaired) electrons. The number of amides is 1. The van der Waals surface area contributed by atoms with Crippen molar-refractivity contribution < 1.29 is 14.3 Å². The third-order valence-electron chi connectivity index (χ3n) is 3.72. The minimum absolute atomic E-state index is 0.367. The zero-order valence-electron chi connectivity index (χ0n) is 14.9. The second kappa shape index (κ2) is 9.05. The number of aromatic nitrogens is 1. The van der Waals surface area contributed by atoms with E-state index in [4.69, 9.17) is 4.74 Å². The normalized spacial score (nSPS) is 10.6. The van der Waals surface area contributed by atoms with Crippen LogP contribution in [0.15, 0.2) is 76.6 Å². The van der Waals surface area contributed by atoms with Crippen LogP contribution in [0, 0.1) is 6.92 Å². The first-order chi connectivity index (χ1) is 13.5. The van der Waals surface area contributed by atoms with Crippen LogP contribution in [-0.4, -0.2) is 23.1 Å². The molecule has 1 amide bonds. The lowest BCUT2D eigenvalue weighted by Gasteiger charge is -2.05. The van der Waals surface area contributed by atoms with Crippen LogP contribution in [0.4, 0.5) is 0 Å². The predicted molar refractivity (Wildman–Crippen MR) is 110 cm³/mol. The summed E-state index contributed by atoms with van der Waals surface area (Å²) < 4.78 is 6.05. The molecule has 7 heteroatoms. The van der Waals surface area contributed by atoms with Gasteiger partial charge in [0.25, 0.3) is 5.91 Å². The number of ether oxygens (including phenoxy) is 1. The molecule has 1 aromatic heterocycles. The highest BCUT2D eigenvalue weighted by Crippen LogP contribution is 2.14. The summed E-state index contributed by atoms with van der Waals surface area (Å²) in [5.41, 5.74) is 5.12. The summed E-state index contributed by atoms with van der Waals surface area (Å²) in [6.45, 7) is 1.95. The second-order valence-corrected chi connectivity index (χ2v) is 6.83. The van der Waals surface area contributed by atoms with Crippen LogP contribution in [0.3, 0.4) is 0 Å². The average molecular weight is 438 g/mol. The number of carbonyl (C=O) groups is 2. The van der Waals surface area contributed by atoms with E-state index in [1.165, 1.54) is 12.4 Å². The summed E-state index contributed by atoms with van der Waals surface area (Å²) in [5.74, 6) is -0.364. The quantitative estimate of drug-likeness (QED) is 0.281. The molecule has 0 atom stereocenters. The summed E-state index contributed by atoms with van der Waals surface area (Å²) in [7, 11) is 0. The fraction of sp³-hybridized carbons (Fsp3) is 0.0476. The Morgan fingerprint density at radius 3 is 2.43 bits per heavy atom. The number of nitrogens with zero attached hydrogens (tertiary/aromatic N) is 2. The van der Waals surface area contributed by atoms with E-state index >= 15 is 0 Å². The van der Waals surface area contributed by atoms with Gasteiger partial charge in [-0.25, -0.2) is 10.2 Å². The number of nitrogens with one attached hydrogen (secondary N) is 1. The summed E-state index contributed by atoms with van der Waals surface area (Å²) in [6.07, 6.45) is 4.54. The number of pyridine rings is 1. The third kappa shape index (κ3) is 5.34. The Balaban J connectivity index is 1.56. The molecular formula is C21H16BrN3O3. The standard InChI is InChI=1S/C21H16BrN3O3/c1-14-2-6-16(7-3-14)21(27)28-19-8-4-15(5-9-19)11-24-25-20(26)17-10-18(22)13-23-12-17/h2-13H,1H3,(H,25,26)/b24-11+. The van der Waals surface area contributed by atoms with Gasteiger partial charge in [0, 0.05) is 16.9 Å². The summed E-state index contributed by atoms with van der Waals surface area (Å²) in [5, 5.41) is 3.92. The van der Waals surface area contributed by atoms with Crippen LogP contribution in [0.1, 0.15) is 31.8 Å². The Bertz CT molecular complexity index is 1020. The monoisotopic (exact) mass is 437 g/mol. The van der Waals surface area contributed by atoms with E-state index in [0.29, 0.717) is 21.3 Å². The van der Waals surface area contributed by atoms with Crippen molar-refractivity contribution >= 4 is 34.0 Å². The zero-order valence-corrected chi connectivity index (χ0v) is 16.5. The molecule has 3 aromatic rings. The molecule has 1 heterocycles. The lowest BCUT2D eigenvalue weighted by atomic mass is 10.1. The van der Waals surface area contributed by atoms with E-state index in [-0.39, 0.29) is 5.91 Å². The first kappa shape index (κ1) is 19.4. The molecule has 0 spiro atoms. The first-order valence-corrected chi connectivity index (χ1v) is 9.13. The van der Waals surface area contributed by atoms with Crippen LogP contribution in [0.25, 0.3) is 0 Å². The van der Waals surface area contributed by atoms with E-state index in [2.05, 4.69) is 31.4 Å². The average Bonchev–Trinajstić information content (AvgIpc) is 2.69. The van der Waals surface area contributed by atoms with Gasteiger partial charge in [-0.3, -0.25) is 9.78 Å². The number of hydrogen-bond acceptors (Lipinski definition) is 5. The van der Waals surface area contributed by atoms with Crippen molar-refractivity contribution in [3.63, 3.8) is 0 Å². The predicted octanol–water partition coefficient (Wildman–Crippen LogP) is 4.14. The van der Waals surface area contributed by atoms with Crippen molar-refractivity contribution in [3.8, 4) is 5.75 Å². The molecule has 0 aliphatic carbocycles. The molecule has 28 heavy (non-hydrogen) atoms. The highest BCUT2D eigenvalue weighted by atomic mass is 79.9. The second-order valence-electron chi connectivity index (χ2n) is 5.92. The number of halogens is 1. The maximum Gasteiger partial charge on any atom is 0.343 e. The van der Waals surface area contributed by atoms with Gasteiger partial charge in [-0.15, -0.1) is 0 Å². The molecule has 6 nitrogen and oxygen atoms in total. The molecule has 0 fully saturated rings. The number of aryl methyl sites for hydroxylation is 1. The highest BCUT2D eigenvalue weighted by molar-refractivity contribution is 9.10. The van der Waals surface area contributed by atoms with Gasteiger partial charge in [0.2, 0.25) is 0 Å². The van der Waals surface area contributed by atoms with Crippen LogP contribution < -0.4 is 10.2 Å². The Morgan fingerprint density at radius 1 is 1.04 bits per heavy atom. The third-order valence-corrected chi connectivity index (χ3v) is 4.16. The number of benzene rings is 2. The van der Waals surface area contributed by atoms with Gasteiger partial charge in [-0.05, 0) is 70.9 Å². The van der Waals surface area contributed by atoms with E-state index < -0.39 is 5.97 Å². The number of rotatable bonds is 5. The van der Waals surface area contributed by atoms with E-state index in [9.17, 15) is 9.59 Å². The van der Waals surface area contributed by atoms with Crippen LogP contribution in [0.5, 0.6) is 5.75 Å². The van der Waals surface area contributed by atoms with Crippen molar-refractivity contribution in [1.82, 2.24) is 10.4 Å². The Morgan fingerprint density at radius 2 is 1.75 bits per heavy atom. The van der Waals surface area contributed by atoms with Crippen LogP contribution >= 0.6 is 15.9 Å². The molecule has 0 saturated carbocycles. The van der Waals surface area contributed by atoms with Crippen molar-refractivity contribution in [2.45, 2.75) is 6.92 Å². The maximum absolute atomic E-state index is 12.1. The Kier molecular flexibility index (Phi) is 6.29. The minimum atomic E-state index is -0.420. The van der Waals surface area contributed by atoms with Crippen molar-refractivity contribution in [3.05, 3.63) is 93.7 Å². The maximum atomic E-state index is 12.1.